The van der Waals surface area contributed by atoms with E-state index in [1.165, 1.54) is 5.57 Å². The standard InChI is InChI=1S/C26H38N8O/c1-9-19(26(6,7)10-2)13-20(16(3)4)28-23-21-22(27-15-33(21)8)29-25(30-23)34-12-11-18(14-34)24-32-31-17(5)35-24/h9,13,15,18,23,28H,3,10-12,14H2,1-2,4-8H3,(H,29,30)/b19-9+,20-13+. The van der Waals surface area contributed by atoms with Crippen molar-refractivity contribution < 1.29 is 4.42 Å². The lowest BCUT2D eigenvalue weighted by Gasteiger charge is -2.30. The van der Waals surface area contributed by atoms with Gasteiger partial charge in [-0.05, 0) is 49.3 Å². The second-order valence-corrected chi connectivity index (χ2v) is 10.1. The fourth-order valence-electron chi connectivity index (χ4n) is 4.54. The molecule has 2 aliphatic rings. The van der Waals surface area contributed by atoms with E-state index in [-0.39, 0.29) is 17.5 Å². The SMILES string of the molecule is C=C(C)/C(=C\C(=C/C)C(C)(C)CC)NC1N=C(N2CCC(c3nnc(C)o3)C2)Nc2ncn(C)c21. The second kappa shape index (κ2) is 9.71. The van der Waals surface area contributed by atoms with Gasteiger partial charge in [0.2, 0.25) is 17.7 Å². The Bertz CT molecular complexity index is 1180. The summed E-state index contributed by atoms with van der Waals surface area (Å²) in [7, 11) is 1.99. The Labute approximate surface area is 208 Å². The van der Waals surface area contributed by atoms with Gasteiger partial charge in [-0.3, -0.25) is 0 Å². The molecule has 2 aromatic rings. The number of imidazole rings is 1. The zero-order chi connectivity index (χ0) is 25.3. The molecular weight excluding hydrogens is 440 g/mol. The Morgan fingerprint density at radius 2 is 2.14 bits per heavy atom. The first kappa shape index (κ1) is 24.8. The van der Waals surface area contributed by atoms with E-state index in [4.69, 9.17) is 9.41 Å². The van der Waals surface area contributed by atoms with Gasteiger partial charge in [-0.25, -0.2) is 9.98 Å². The van der Waals surface area contributed by atoms with Gasteiger partial charge < -0.3 is 24.5 Å². The van der Waals surface area contributed by atoms with Crippen LogP contribution in [-0.2, 0) is 7.05 Å². The highest BCUT2D eigenvalue weighted by atomic mass is 16.4. The van der Waals surface area contributed by atoms with E-state index in [1.807, 2.05) is 31.8 Å². The van der Waals surface area contributed by atoms with Crippen molar-refractivity contribution in [3.05, 3.63) is 59.4 Å². The van der Waals surface area contributed by atoms with Crippen LogP contribution >= 0.6 is 0 Å². The molecule has 1 saturated heterocycles. The third kappa shape index (κ3) is 5.04. The Morgan fingerprint density at radius 3 is 2.77 bits per heavy atom. The van der Waals surface area contributed by atoms with Crippen molar-refractivity contribution in [2.45, 2.75) is 66.5 Å². The van der Waals surface area contributed by atoms with E-state index in [1.54, 1.807) is 0 Å². The summed E-state index contributed by atoms with van der Waals surface area (Å²) >= 11 is 0. The first-order valence-corrected chi connectivity index (χ1v) is 12.3. The first-order chi connectivity index (χ1) is 16.6. The topological polar surface area (TPSA) is 96.4 Å². The highest BCUT2D eigenvalue weighted by Gasteiger charge is 2.34. The molecular formula is C26H38N8O. The zero-order valence-corrected chi connectivity index (χ0v) is 22.0. The normalized spacial score (nSPS) is 21.0. The monoisotopic (exact) mass is 478 g/mol. The third-order valence-electron chi connectivity index (χ3n) is 7.13. The Balaban J connectivity index is 1.62. The molecule has 0 radical (unpaired) electrons. The van der Waals surface area contributed by atoms with Crippen LogP contribution in [0.4, 0.5) is 5.82 Å². The van der Waals surface area contributed by atoms with Gasteiger partial charge in [0.15, 0.2) is 12.0 Å². The highest BCUT2D eigenvalue weighted by Crippen LogP contribution is 2.34. The Hall–Kier alpha value is -3.36. The number of guanidine groups is 1. The summed E-state index contributed by atoms with van der Waals surface area (Å²) in [6.07, 6.45) is 7.89. The lowest BCUT2D eigenvalue weighted by molar-refractivity contribution is 0.421. The molecule has 2 atom stereocenters. The van der Waals surface area contributed by atoms with E-state index in [2.05, 4.69) is 77.1 Å². The average molecular weight is 479 g/mol. The molecule has 4 heterocycles. The molecule has 0 saturated carbocycles. The summed E-state index contributed by atoms with van der Waals surface area (Å²) in [5.74, 6) is 3.10. The molecule has 2 aromatic heterocycles. The molecule has 1 fully saturated rings. The number of anilines is 1. The summed E-state index contributed by atoms with van der Waals surface area (Å²) in [5.41, 5.74) is 4.26. The number of rotatable bonds is 7. The molecule has 2 unspecified atom stereocenters. The number of hydrogen-bond donors (Lipinski definition) is 2. The smallest absolute Gasteiger partial charge is 0.221 e. The molecule has 9 heteroatoms. The number of aryl methyl sites for hydroxylation is 2. The van der Waals surface area contributed by atoms with Crippen LogP contribution in [0.5, 0.6) is 0 Å². The summed E-state index contributed by atoms with van der Waals surface area (Å²) < 4.78 is 7.70. The maximum absolute atomic E-state index is 5.69. The number of allylic oxidation sites excluding steroid dienone is 4. The quantitative estimate of drug-likeness (QED) is 0.551. The van der Waals surface area contributed by atoms with Crippen LogP contribution in [0.15, 0.2) is 51.3 Å². The van der Waals surface area contributed by atoms with E-state index < -0.39 is 0 Å². The molecule has 188 valence electrons. The summed E-state index contributed by atoms with van der Waals surface area (Å²) in [6.45, 7) is 18.6. The minimum Gasteiger partial charge on any atom is -0.425 e. The molecule has 0 aromatic carbocycles. The van der Waals surface area contributed by atoms with E-state index >= 15 is 0 Å². The predicted octanol–water partition coefficient (Wildman–Crippen LogP) is 4.81. The minimum atomic E-state index is -0.302. The van der Waals surface area contributed by atoms with Crippen molar-refractivity contribution in [3.8, 4) is 0 Å². The van der Waals surface area contributed by atoms with Gasteiger partial charge in [-0.1, -0.05) is 33.4 Å². The van der Waals surface area contributed by atoms with Gasteiger partial charge in [0.05, 0.1) is 12.2 Å². The third-order valence-corrected chi connectivity index (χ3v) is 7.13. The van der Waals surface area contributed by atoms with Crippen molar-refractivity contribution in [1.29, 1.82) is 0 Å². The Morgan fingerprint density at radius 1 is 1.37 bits per heavy atom. The zero-order valence-electron chi connectivity index (χ0n) is 22.0. The molecule has 0 amide bonds. The van der Waals surface area contributed by atoms with Crippen molar-refractivity contribution in [2.24, 2.45) is 17.5 Å². The van der Waals surface area contributed by atoms with Gasteiger partial charge in [-0.15, -0.1) is 10.2 Å². The molecule has 2 aliphatic heterocycles. The van der Waals surface area contributed by atoms with Gasteiger partial charge in [-0.2, -0.15) is 0 Å². The van der Waals surface area contributed by atoms with Crippen LogP contribution in [0.2, 0.25) is 0 Å². The largest absolute Gasteiger partial charge is 0.425 e. The maximum Gasteiger partial charge on any atom is 0.221 e. The Kier molecular flexibility index (Phi) is 6.87. The van der Waals surface area contributed by atoms with Crippen LogP contribution in [0.3, 0.4) is 0 Å². The van der Waals surface area contributed by atoms with Crippen LogP contribution in [0.1, 0.15) is 77.0 Å². The van der Waals surface area contributed by atoms with Crippen LogP contribution in [0, 0.1) is 12.3 Å². The van der Waals surface area contributed by atoms with Crippen LogP contribution < -0.4 is 10.6 Å². The molecule has 0 aliphatic carbocycles. The molecule has 0 bridgehead atoms. The van der Waals surface area contributed by atoms with E-state index in [0.29, 0.717) is 11.8 Å². The average Bonchev–Trinajstić information content (AvgIpc) is 3.56. The maximum atomic E-state index is 5.69. The fraction of sp³-hybridized carbons (Fsp3) is 0.538. The number of nitrogens with zero attached hydrogens (tertiary/aromatic N) is 6. The van der Waals surface area contributed by atoms with Crippen molar-refractivity contribution >= 4 is 11.8 Å². The number of aliphatic imine (C=N–C) groups is 1. The summed E-state index contributed by atoms with van der Waals surface area (Å²) in [6, 6.07) is 0. The molecule has 2 N–H and O–H groups in total. The highest BCUT2D eigenvalue weighted by molar-refractivity contribution is 5.95. The van der Waals surface area contributed by atoms with E-state index in [9.17, 15) is 0 Å². The number of likely N-dealkylation sites (tertiary alicyclic amines) is 1. The van der Waals surface area contributed by atoms with Gasteiger partial charge in [0, 0.05) is 32.8 Å². The lowest BCUT2D eigenvalue weighted by atomic mass is 9.81. The van der Waals surface area contributed by atoms with Crippen molar-refractivity contribution in [1.82, 2.24) is 30.0 Å². The van der Waals surface area contributed by atoms with Gasteiger partial charge in [0.25, 0.3) is 0 Å². The first-order valence-electron chi connectivity index (χ1n) is 12.3. The molecule has 0 spiro atoms. The predicted molar refractivity (Wildman–Crippen MR) is 139 cm³/mol. The van der Waals surface area contributed by atoms with Crippen LogP contribution in [-0.4, -0.2) is 43.7 Å². The van der Waals surface area contributed by atoms with E-state index in [0.717, 1.165) is 54.7 Å². The summed E-state index contributed by atoms with van der Waals surface area (Å²) in [5, 5.41) is 15.3. The lowest BCUT2D eigenvalue weighted by Crippen LogP contribution is -2.39. The number of hydrogen-bond acceptors (Lipinski definition) is 8. The fourth-order valence-corrected chi connectivity index (χ4v) is 4.54. The second-order valence-electron chi connectivity index (χ2n) is 10.1. The van der Waals surface area contributed by atoms with Crippen molar-refractivity contribution in [3.63, 3.8) is 0 Å². The minimum absolute atomic E-state index is 0.0645. The van der Waals surface area contributed by atoms with Gasteiger partial charge in [0.1, 0.15) is 5.69 Å². The number of fused-ring (bicyclic) bond motifs is 1. The molecule has 4 rings (SSSR count). The number of nitrogens with one attached hydrogen (secondary N) is 2. The summed E-state index contributed by atoms with van der Waals surface area (Å²) in [4.78, 5) is 11.9. The molecule has 35 heavy (non-hydrogen) atoms. The van der Waals surface area contributed by atoms with Gasteiger partial charge >= 0.3 is 0 Å². The van der Waals surface area contributed by atoms with Crippen LogP contribution in [0.25, 0.3) is 0 Å². The molecule has 9 nitrogen and oxygen atoms in total. The van der Waals surface area contributed by atoms with Crippen molar-refractivity contribution in [2.75, 3.05) is 18.4 Å². The number of aromatic nitrogens is 4.